The number of hydrogen-bond donors (Lipinski definition) is 0. The smallest absolute Gasteiger partial charge is 0.325 e. The van der Waals surface area contributed by atoms with Gasteiger partial charge in [0.1, 0.15) is 13.2 Å². The van der Waals surface area contributed by atoms with Crippen LogP contribution >= 0.6 is 58.2 Å². The number of amides is 2. The van der Waals surface area contributed by atoms with Crippen molar-refractivity contribution in [1.82, 2.24) is 4.90 Å². The molecule has 0 saturated carbocycles. The van der Waals surface area contributed by atoms with Gasteiger partial charge in [-0.1, -0.05) is 52.5 Å². The van der Waals surface area contributed by atoms with Crippen LogP contribution in [0.4, 0.5) is 4.79 Å². The minimum atomic E-state index is -0.697. The van der Waals surface area contributed by atoms with E-state index in [1.54, 1.807) is 30.3 Å². The number of methoxy groups -OCH3 is 1. The van der Waals surface area contributed by atoms with Crippen LogP contribution in [-0.2, 0) is 20.9 Å². The summed E-state index contributed by atoms with van der Waals surface area (Å²) >= 11 is 25.4. The molecule has 1 aliphatic heterocycles. The zero-order chi connectivity index (χ0) is 22.7. The van der Waals surface area contributed by atoms with Crippen molar-refractivity contribution in [2.24, 2.45) is 0 Å². The van der Waals surface area contributed by atoms with Crippen molar-refractivity contribution in [1.29, 1.82) is 0 Å². The fourth-order valence-electron chi connectivity index (χ4n) is 2.57. The van der Waals surface area contributed by atoms with E-state index in [-0.39, 0.29) is 27.3 Å². The highest BCUT2D eigenvalue weighted by Gasteiger charge is 2.36. The normalized spacial score (nSPS) is 15.0. The van der Waals surface area contributed by atoms with Gasteiger partial charge in [-0.05, 0) is 47.7 Å². The van der Waals surface area contributed by atoms with Crippen LogP contribution in [0.1, 0.15) is 11.1 Å². The first-order valence-corrected chi connectivity index (χ1v) is 10.9. The maximum Gasteiger partial charge on any atom is 0.325 e. The van der Waals surface area contributed by atoms with Crippen molar-refractivity contribution >= 4 is 81.4 Å². The van der Waals surface area contributed by atoms with Gasteiger partial charge in [0, 0.05) is 15.6 Å². The Kier molecular flexibility index (Phi) is 7.78. The van der Waals surface area contributed by atoms with Gasteiger partial charge in [-0.15, -0.1) is 0 Å². The molecule has 0 bridgehead atoms. The molecule has 0 aliphatic carbocycles. The summed E-state index contributed by atoms with van der Waals surface area (Å²) in [7, 11) is 1.17. The Hall–Kier alpha value is -1.90. The lowest BCUT2D eigenvalue weighted by Crippen LogP contribution is -2.34. The standard InChI is InChI=1S/C20H13Cl4NO5S/c1-29-17(26)8-25-19(27)16(31-20(25)28)6-10-4-14(23)18(15(24)5-10)30-9-11-2-3-12(21)7-13(11)22/h2-7H,8-9H2,1H3/b16-6-. The summed E-state index contributed by atoms with van der Waals surface area (Å²) in [5.74, 6) is -1.06. The number of ether oxygens (including phenoxy) is 2. The third-order valence-electron chi connectivity index (χ3n) is 4.09. The van der Waals surface area contributed by atoms with Crippen molar-refractivity contribution in [3.05, 3.63) is 66.5 Å². The Morgan fingerprint density at radius 2 is 1.74 bits per heavy atom. The molecular weight excluding hydrogens is 508 g/mol. The molecule has 31 heavy (non-hydrogen) atoms. The molecule has 162 valence electrons. The molecular formula is C20H13Cl4NO5S. The van der Waals surface area contributed by atoms with Gasteiger partial charge in [-0.3, -0.25) is 19.3 Å². The van der Waals surface area contributed by atoms with Gasteiger partial charge in [-0.2, -0.15) is 0 Å². The Labute approximate surface area is 202 Å². The topological polar surface area (TPSA) is 72.9 Å². The molecule has 0 unspecified atom stereocenters. The van der Waals surface area contributed by atoms with Crippen LogP contribution in [0.3, 0.4) is 0 Å². The molecule has 0 spiro atoms. The van der Waals surface area contributed by atoms with Gasteiger partial charge in [0.15, 0.2) is 5.75 Å². The zero-order valence-electron chi connectivity index (χ0n) is 15.8. The molecule has 1 aliphatic rings. The number of carbonyl (C=O) groups is 3. The second-order valence-corrected chi connectivity index (χ2v) is 8.83. The van der Waals surface area contributed by atoms with E-state index < -0.39 is 23.7 Å². The maximum absolute atomic E-state index is 12.4. The fourth-order valence-corrected chi connectivity index (χ4v) is 4.49. The van der Waals surface area contributed by atoms with E-state index in [0.29, 0.717) is 32.9 Å². The van der Waals surface area contributed by atoms with Crippen LogP contribution in [0, 0.1) is 0 Å². The lowest BCUT2D eigenvalue weighted by molar-refractivity contribution is -0.143. The molecule has 0 atom stereocenters. The monoisotopic (exact) mass is 519 g/mol. The van der Waals surface area contributed by atoms with Crippen LogP contribution in [0.25, 0.3) is 6.08 Å². The molecule has 2 aromatic rings. The summed E-state index contributed by atoms with van der Waals surface area (Å²) in [5, 5.41) is 0.790. The van der Waals surface area contributed by atoms with E-state index in [2.05, 4.69) is 4.74 Å². The largest absolute Gasteiger partial charge is 0.486 e. The summed E-state index contributed by atoms with van der Waals surface area (Å²) < 4.78 is 10.2. The van der Waals surface area contributed by atoms with Crippen molar-refractivity contribution in [2.45, 2.75) is 6.61 Å². The lowest BCUT2D eigenvalue weighted by Gasteiger charge is -2.12. The minimum Gasteiger partial charge on any atom is -0.486 e. The average Bonchev–Trinajstić information content (AvgIpc) is 2.96. The van der Waals surface area contributed by atoms with Gasteiger partial charge in [0.05, 0.1) is 22.1 Å². The van der Waals surface area contributed by atoms with Crippen LogP contribution in [-0.4, -0.2) is 35.7 Å². The third-order valence-corrected chi connectivity index (χ3v) is 6.15. The summed E-state index contributed by atoms with van der Waals surface area (Å²) in [6, 6.07) is 8.10. The SMILES string of the molecule is COC(=O)CN1C(=O)S/C(=C\c2cc(Cl)c(OCc3ccc(Cl)cc3Cl)c(Cl)c2)C1=O. The zero-order valence-corrected chi connectivity index (χ0v) is 19.6. The number of carbonyl (C=O) groups excluding carboxylic acids is 3. The Bertz CT molecular complexity index is 1080. The molecule has 3 rings (SSSR count). The first-order valence-electron chi connectivity index (χ1n) is 8.57. The van der Waals surface area contributed by atoms with Crippen molar-refractivity contribution < 1.29 is 23.9 Å². The van der Waals surface area contributed by atoms with Crippen molar-refractivity contribution in [3.63, 3.8) is 0 Å². The van der Waals surface area contributed by atoms with E-state index in [4.69, 9.17) is 51.1 Å². The average molecular weight is 521 g/mol. The molecule has 0 aromatic heterocycles. The number of halogens is 4. The van der Waals surface area contributed by atoms with Crippen LogP contribution < -0.4 is 4.74 Å². The van der Waals surface area contributed by atoms with E-state index in [9.17, 15) is 14.4 Å². The highest BCUT2D eigenvalue weighted by molar-refractivity contribution is 8.18. The molecule has 1 heterocycles. The van der Waals surface area contributed by atoms with E-state index in [0.717, 1.165) is 4.90 Å². The summed E-state index contributed by atoms with van der Waals surface area (Å²) in [5.41, 5.74) is 1.18. The van der Waals surface area contributed by atoms with E-state index >= 15 is 0 Å². The molecule has 2 amide bonds. The number of imide groups is 1. The lowest BCUT2D eigenvalue weighted by atomic mass is 10.2. The fraction of sp³-hybridized carbons (Fsp3) is 0.150. The third kappa shape index (κ3) is 5.67. The van der Waals surface area contributed by atoms with Crippen LogP contribution in [0.2, 0.25) is 20.1 Å². The van der Waals surface area contributed by atoms with Gasteiger partial charge in [0.2, 0.25) is 0 Å². The first kappa shape index (κ1) is 23.8. The Morgan fingerprint density at radius 1 is 1.06 bits per heavy atom. The minimum absolute atomic E-state index is 0.112. The highest BCUT2D eigenvalue weighted by atomic mass is 35.5. The number of rotatable bonds is 6. The van der Waals surface area contributed by atoms with Crippen molar-refractivity contribution in [3.8, 4) is 5.75 Å². The van der Waals surface area contributed by atoms with Crippen molar-refractivity contribution in [2.75, 3.05) is 13.7 Å². The molecule has 1 fully saturated rings. The molecule has 11 heteroatoms. The maximum atomic E-state index is 12.4. The molecule has 6 nitrogen and oxygen atoms in total. The van der Waals surface area contributed by atoms with Crippen LogP contribution in [0.5, 0.6) is 5.75 Å². The van der Waals surface area contributed by atoms with Gasteiger partial charge < -0.3 is 9.47 Å². The van der Waals surface area contributed by atoms with E-state index in [1.165, 1.54) is 13.2 Å². The summed E-state index contributed by atoms with van der Waals surface area (Å²) in [6.45, 7) is -0.346. The number of esters is 1. The molecule has 2 aromatic carbocycles. The quantitative estimate of drug-likeness (QED) is 0.339. The second-order valence-electron chi connectivity index (χ2n) is 6.18. The number of thioether (sulfide) groups is 1. The van der Waals surface area contributed by atoms with Gasteiger partial charge in [-0.25, -0.2) is 0 Å². The van der Waals surface area contributed by atoms with Crippen LogP contribution in [0.15, 0.2) is 35.2 Å². The predicted molar refractivity (Wildman–Crippen MR) is 122 cm³/mol. The van der Waals surface area contributed by atoms with Gasteiger partial charge >= 0.3 is 5.97 Å². The highest BCUT2D eigenvalue weighted by Crippen LogP contribution is 2.38. The molecule has 0 N–H and O–H groups in total. The summed E-state index contributed by atoms with van der Waals surface area (Å²) in [4.78, 5) is 36.8. The number of nitrogens with zero attached hydrogens (tertiary/aromatic N) is 1. The number of hydrogen-bond acceptors (Lipinski definition) is 6. The summed E-state index contributed by atoms with van der Waals surface area (Å²) in [6.07, 6.45) is 1.46. The van der Waals surface area contributed by atoms with E-state index in [1.807, 2.05) is 0 Å². The number of benzene rings is 2. The molecule has 0 radical (unpaired) electrons. The Morgan fingerprint density at radius 3 is 2.35 bits per heavy atom. The predicted octanol–water partition coefficient (Wildman–Crippen LogP) is 6.09. The second kappa shape index (κ2) is 10.1. The van der Waals surface area contributed by atoms with Gasteiger partial charge in [0.25, 0.3) is 11.1 Å². The first-order chi connectivity index (χ1) is 14.7. The Balaban J connectivity index is 1.78. The molecule has 1 saturated heterocycles.